The second-order valence-corrected chi connectivity index (χ2v) is 18.0. The molecule has 0 radical (unpaired) electrons. The minimum atomic E-state index is -4.75. The zero-order chi connectivity index (χ0) is 41.8. The Hall–Kier alpha value is -1.21. The quantitative estimate of drug-likeness (QED) is 0.0269. The van der Waals surface area contributed by atoms with Crippen LogP contribution in [0.2, 0.25) is 0 Å². The highest BCUT2D eigenvalue weighted by molar-refractivity contribution is 7.46. The number of carbonyl (C=O) groups excluding carboxylic acids is 2. The lowest BCUT2D eigenvalue weighted by Crippen LogP contribution is -2.29. The summed E-state index contributed by atoms with van der Waals surface area (Å²) in [5.74, 6) is -0.873. The number of ether oxygens (including phenoxy) is 2. The number of unbranched alkanes of at least 4 members (excludes halogenated alkanes) is 34. The molecule has 0 saturated heterocycles. The van der Waals surface area contributed by atoms with Gasteiger partial charge in [0.2, 0.25) is 0 Å². The molecule has 0 spiro atoms. The monoisotopic (exact) mass is 829 g/mol. The molecule has 0 aromatic heterocycles. The molecule has 0 aliphatic heterocycles. The van der Waals surface area contributed by atoms with E-state index >= 15 is 0 Å². The van der Waals surface area contributed by atoms with Crippen molar-refractivity contribution in [1.29, 1.82) is 0 Å². The smallest absolute Gasteiger partial charge is 0.462 e. The molecule has 0 aliphatic carbocycles. The maximum atomic E-state index is 12.4. The second kappa shape index (κ2) is 44.3. The van der Waals surface area contributed by atoms with E-state index in [0.29, 0.717) is 6.42 Å². The van der Waals surface area contributed by atoms with E-state index in [2.05, 4.69) is 30.5 Å². The van der Waals surface area contributed by atoms with Gasteiger partial charge in [0.05, 0.1) is 6.61 Å². The Morgan fingerprint density at radius 3 is 1.07 bits per heavy atom. The van der Waals surface area contributed by atoms with Gasteiger partial charge >= 0.3 is 19.8 Å². The molecule has 0 amide bonds. The number of phosphoric acid groups is 1. The van der Waals surface area contributed by atoms with Gasteiger partial charge in [0.1, 0.15) is 6.61 Å². The van der Waals surface area contributed by atoms with E-state index in [0.717, 1.165) is 44.9 Å². The Morgan fingerprint density at radius 2 is 0.737 bits per heavy atom. The van der Waals surface area contributed by atoms with Gasteiger partial charge in [0.15, 0.2) is 6.10 Å². The van der Waals surface area contributed by atoms with Crippen LogP contribution in [0.15, 0.2) is 12.2 Å². The molecule has 0 heterocycles. The molecule has 1 atom stereocenters. The van der Waals surface area contributed by atoms with E-state index < -0.39 is 32.5 Å². The first-order chi connectivity index (χ1) is 27.8. The van der Waals surface area contributed by atoms with Gasteiger partial charge in [-0.2, -0.15) is 0 Å². The number of hydrogen-bond donors (Lipinski definition) is 2. The number of carbonyl (C=O) groups is 2. The number of allylic oxidation sites excluding steroid dienone is 2. The van der Waals surface area contributed by atoms with Crippen LogP contribution in [0, 0.1) is 0 Å². The number of phosphoric ester groups is 1. The Balaban J connectivity index is 3.80. The zero-order valence-corrected chi connectivity index (χ0v) is 38.4. The van der Waals surface area contributed by atoms with Crippen molar-refractivity contribution < 1.29 is 37.9 Å². The normalized spacial score (nSPS) is 12.4. The summed E-state index contributed by atoms with van der Waals surface area (Å²) in [4.78, 5) is 43.0. The Morgan fingerprint density at radius 1 is 0.439 bits per heavy atom. The third-order valence-electron chi connectivity index (χ3n) is 11.0. The molecule has 1 unspecified atom stereocenters. The van der Waals surface area contributed by atoms with Gasteiger partial charge in [-0.3, -0.25) is 14.1 Å². The molecule has 338 valence electrons. The predicted octanol–water partition coefficient (Wildman–Crippen LogP) is 15.4. The van der Waals surface area contributed by atoms with Crippen LogP contribution in [0.4, 0.5) is 0 Å². The third kappa shape index (κ3) is 47.3. The fraction of sp³-hybridized carbons (Fsp3) is 0.917. The molecule has 0 bridgehead atoms. The topological polar surface area (TPSA) is 119 Å². The molecule has 0 aromatic rings. The number of rotatable bonds is 46. The lowest BCUT2D eigenvalue weighted by atomic mass is 10.0. The lowest BCUT2D eigenvalue weighted by molar-refractivity contribution is -0.161. The molecule has 9 heteroatoms. The van der Waals surface area contributed by atoms with Crippen molar-refractivity contribution >= 4 is 19.8 Å². The first-order valence-electron chi connectivity index (χ1n) is 24.5. The largest absolute Gasteiger partial charge is 0.469 e. The van der Waals surface area contributed by atoms with Crippen molar-refractivity contribution in [2.24, 2.45) is 0 Å². The summed E-state index contributed by atoms with van der Waals surface area (Å²) in [6, 6.07) is 0. The molecule has 8 nitrogen and oxygen atoms in total. The highest BCUT2D eigenvalue weighted by atomic mass is 31.2. The number of hydrogen-bond acceptors (Lipinski definition) is 6. The minimum absolute atomic E-state index is 0.212. The van der Waals surface area contributed by atoms with E-state index in [1.165, 1.54) is 186 Å². The predicted molar refractivity (Wildman–Crippen MR) is 239 cm³/mol. The fourth-order valence-corrected chi connectivity index (χ4v) is 7.73. The van der Waals surface area contributed by atoms with E-state index in [-0.39, 0.29) is 19.4 Å². The van der Waals surface area contributed by atoms with Crippen molar-refractivity contribution in [3.63, 3.8) is 0 Å². The van der Waals surface area contributed by atoms with Crippen LogP contribution < -0.4 is 0 Å². The van der Waals surface area contributed by atoms with Crippen LogP contribution in [0.25, 0.3) is 0 Å². The standard InChI is InChI=1S/C48H93O8P/c1-3-5-7-9-11-13-15-17-19-21-23-24-25-27-28-30-32-34-36-38-40-42-47(49)54-44-46(45-55-57(51,52)53)56-48(50)43-41-39-37-35-33-31-29-26-22-20-18-16-14-12-10-8-6-4-2/h20,22,46H,3-19,21,23-45H2,1-2H3,(H2,51,52,53)/b22-20-. The lowest BCUT2D eigenvalue weighted by Gasteiger charge is -2.18. The van der Waals surface area contributed by atoms with Gasteiger partial charge in [-0.1, -0.05) is 225 Å². The van der Waals surface area contributed by atoms with E-state index in [1.54, 1.807) is 0 Å². The van der Waals surface area contributed by atoms with Gasteiger partial charge in [0, 0.05) is 12.8 Å². The van der Waals surface area contributed by atoms with Crippen molar-refractivity contribution in [2.75, 3.05) is 13.2 Å². The van der Waals surface area contributed by atoms with Gasteiger partial charge < -0.3 is 19.3 Å². The maximum absolute atomic E-state index is 12.4. The second-order valence-electron chi connectivity index (χ2n) is 16.8. The van der Waals surface area contributed by atoms with Crippen molar-refractivity contribution in [1.82, 2.24) is 0 Å². The fourth-order valence-electron chi connectivity index (χ4n) is 7.37. The average molecular weight is 829 g/mol. The van der Waals surface area contributed by atoms with Crippen LogP contribution in [0.5, 0.6) is 0 Å². The van der Waals surface area contributed by atoms with Crippen molar-refractivity contribution in [2.45, 2.75) is 270 Å². The van der Waals surface area contributed by atoms with Crippen LogP contribution >= 0.6 is 7.82 Å². The van der Waals surface area contributed by atoms with E-state index in [4.69, 9.17) is 19.3 Å². The SMILES string of the molecule is CCCCCCCCC/C=C\CCCCCCCCCC(=O)OC(COC(=O)CCCCCCCCCCCCCCCCCCCCCCC)COP(=O)(O)O. The summed E-state index contributed by atoms with van der Waals surface area (Å²) in [6.45, 7) is 3.73. The summed E-state index contributed by atoms with van der Waals surface area (Å²) in [6.07, 6.45) is 50.8. The zero-order valence-electron chi connectivity index (χ0n) is 37.5. The van der Waals surface area contributed by atoms with E-state index in [9.17, 15) is 14.2 Å². The first-order valence-corrected chi connectivity index (χ1v) is 26.0. The molecule has 57 heavy (non-hydrogen) atoms. The van der Waals surface area contributed by atoms with Crippen LogP contribution in [-0.2, 0) is 28.2 Å². The van der Waals surface area contributed by atoms with Gasteiger partial charge in [0.25, 0.3) is 0 Å². The van der Waals surface area contributed by atoms with Gasteiger partial charge in [-0.25, -0.2) is 4.57 Å². The Labute approximate surface area is 352 Å². The summed E-state index contributed by atoms with van der Waals surface area (Å²) >= 11 is 0. The molecule has 0 aliphatic rings. The summed E-state index contributed by atoms with van der Waals surface area (Å²) in [5.41, 5.74) is 0. The molecular weight excluding hydrogens is 735 g/mol. The minimum Gasteiger partial charge on any atom is -0.462 e. The highest BCUT2D eigenvalue weighted by Gasteiger charge is 2.23. The molecule has 0 rings (SSSR count). The summed E-state index contributed by atoms with van der Waals surface area (Å²) < 4.78 is 26.5. The number of esters is 2. The third-order valence-corrected chi connectivity index (χ3v) is 11.5. The summed E-state index contributed by atoms with van der Waals surface area (Å²) in [5, 5.41) is 0. The highest BCUT2D eigenvalue weighted by Crippen LogP contribution is 2.36. The van der Waals surface area contributed by atoms with Gasteiger partial charge in [-0.15, -0.1) is 0 Å². The Bertz CT molecular complexity index is 935. The van der Waals surface area contributed by atoms with E-state index in [1.807, 2.05) is 0 Å². The molecular formula is C48H93O8P. The molecule has 0 aromatic carbocycles. The Kier molecular flexibility index (Phi) is 43.4. The first kappa shape index (κ1) is 55.8. The molecule has 0 fully saturated rings. The molecule has 0 saturated carbocycles. The summed E-state index contributed by atoms with van der Waals surface area (Å²) in [7, 11) is -4.75. The van der Waals surface area contributed by atoms with Crippen LogP contribution in [0.1, 0.15) is 264 Å². The van der Waals surface area contributed by atoms with Crippen molar-refractivity contribution in [3.05, 3.63) is 12.2 Å². The molecule has 2 N–H and O–H groups in total. The van der Waals surface area contributed by atoms with Crippen LogP contribution in [-0.4, -0.2) is 41.0 Å². The van der Waals surface area contributed by atoms with Crippen molar-refractivity contribution in [3.8, 4) is 0 Å². The van der Waals surface area contributed by atoms with Gasteiger partial charge in [-0.05, 0) is 38.5 Å². The maximum Gasteiger partial charge on any atom is 0.469 e. The average Bonchev–Trinajstić information content (AvgIpc) is 3.18. The van der Waals surface area contributed by atoms with Crippen LogP contribution in [0.3, 0.4) is 0 Å².